The fourth-order valence-corrected chi connectivity index (χ4v) is 3.01. The van der Waals surface area contributed by atoms with Gasteiger partial charge in [0.15, 0.2) is 5.88 Å². The Hall–Kier alpha value is -2.32. The summed E-state index contributed by atoms with van der Waals surface area (Å²) in [4.78, 5) is 17.7. The van der Waals surface area contributed by atoms with E-state index < -0.39 is 10.0 Å². The van der Waals surface area contributed by atoms with Crippen molar-refractivity contribution in [1.29, 1.82) is 0 Å². The van der Waals surface area contributed by atoms with Gasteiger partial charge in [-0.1, -0.05) is 0 Å². The molecule has 0 saturated carbocycles. The van der Waals surface area contributed by atoms with Gasteiger partial charge in [0, 0.05) is 22.4 Å². The molecule has 0 aliphatic carbocycles. The zero-order valence-corrected chi connectivity index (χ0v) is 12.2. The van der Waals surface area contributed by atoms with Gasteiger partial charge in [-0.25, -0.2) is 13.1 Å². The maximum absolute atomic E-state index is 12.0. The van der Waals surface area contributed by atoms with E-state index in [2.05, 4.69) is 14.7 Å². The first-order valence-corrected chi connectivity index (χ1v) is 7.61. The van der Waals surface area contributed by atoms with Crippen molar-refractivity contribution in [3.8, 4) is 5.88 Å². The van der Waals surface area contributed by atoms with Crippen LogP contribution in [0.5, 0.6) is 5.88 Å². The van der Waals surface area contributed by atoms with Gasteiger partial charge in [-0.15, -0.1) is 0 Å². The first-order chi connectivity index (χ1) is 9.96. The van der Waals surface area contributed by atoms with E-state index in [4.69, 9.17) is 4.74 Å². The fourth-order valence-electron chi connectivity index (χ4n) is 2.26. The molecule has 0 unspecified atom stereocenters. The number of aromatic amines is 2. The van der Waals surface area contributed by atoms with E-state index in [1.165, 1.54) is 26.3 Å². The number of methoxy groups -OCH3 is 1. The van der Waals surface area contributed by atoms with Crippen LogP contribution in [-0.4, -0.2) is 32.5 Å². The molecule has 0 fully saturated rings. The lowest BCUT2D eigenvalue weighted by Crippen LogP contribution is -2.18. The van der Waals surface area contributed by atoms with Crippen molar-refractivity contribution in [2.24, 2.45) is 0 Å². The molecule has 0 aliphatic heterocycles. The average Bonchev–Trinajstić information content (AvgIpc) is 2.85. The third-order valence-electron chi connectivity index (χ3n) is 3.35. The Kier molecular flexibility index (Phi) is 2.99. The lowest BCUT2D eigenvalue weighted by atomic mass is 10.2. The molecule has 21 heavy (non-hydrogen) atoms. The van der Waals surface area contributed by atoms with Gasteiger partial charge < -0.3 is 9.72 Å². The minimum Gasteiger partial charge on any atom is -0.482 e. The highest BCUT2D eigenvalue weighted by atomic mass is 32.2. The summed E-state index contributed by atoms with van der Waals surface area (Å²) in [7, 11) is -0.746. The zero-order valence-electron chi connectivity index (χ0n) is 11.4. The molecular formula is C13H13N3O4S. The molecule has 2 aromatic heterocycles. The minimum absolute atomic E-state index is 0.137. The number of H-pyrrole nitrogens is 2. The lowest BCUT2D eigenvalue weighted by molar-refractivity contribution is 0.397. The van der Waals surface area contributed by atoms with Crippen molar-refractivity contribution in [2.75, 3.05) is 14.2 Å². The Morgan fingerprint density at radius 3 is 2.57 bits per heavy atom. The SMILES string of the molecule is CNS(=O)(=O)c1ccc2[nH]c3c(=O)[nH]c(OC)cc3c2c1. The minimum atomic E-state index is -3.54. The highest BCUT2D eigenvalue weighted by Gasteiger charge is 2.15. The first kappa shape index (κ1) is 13.7. The molecule has 110 valence electrons. The summed E-state index contributed by atoms with van der Waals surface area (Å²) in [6, 6.07) is 6.30. The maximum Gasteiger partial charge on any atom is 0.275 e. The Morgan fingerprint density at radius 1 is 1.14 bits per heavy atom. The van der Waals surface area contributed by atoms with Crippen LogP contribution in [0.4, 0.5) is 0 Å². The number of hydrogen-bond donors (Lipinski definition) is 3. The summed E-state index contributed by atoms with van der Waals surface area (Å²) in [6.07, 6.45) is 0. The number of aromatic nitrogens is 2. The van der Waals surface area contributed by atoms with Gasteiger partial charge in [0.25, 0.3) is 5.56 Å². The van der Waals surface area contributed by atoms with Crippen LogP contribution < -0.4 is 15.0 Å². The van der Waals surface area contributed by atoms with Crippen molar-refractivity contribution in [3.05, 3.63) is 34.6 Å². The second-order valence-electron chi connectivity index (χ2n) is 4.50. The molecule has 8 heteroatoms. The zero-order chi connectivity index (χ0) is 15.2. The fraction of sp³-hybridized carbons (Fsp3) is 0.154. The van der Waals surface area contributed by atoms with Crippen LogP contribution in [0.1, 0.15) is 0 Å². The molecule has 0 atom stereocenters. The summed E-state index contributed by atoms with van der Waals surface area (Å²) >= 11 is 0. The van der Waals surface area contributed by atoms with Crippen LogP contribution in [0.15, 0.2) is 34.0 Å². The molecule has 0 spiro atoms. The molecule has 3 N–H and O–H groups in total. The Balaban J connectivity index is 2.42. The number of pyridine rings is 1. The monoisotopic (exact) mass is 307 g/mol. The second kappa shape index (κ2) is 4.61. The van der Waals surface area contributed by atoms with E-state index in [1.807, 2.05) is 0 Å². The molecule has 2 heterocycles. The van der Waals surface area contributed by atoms with Crippen molar-refractivity contribution >= 4 is 31.8 Å². The highest BCUT2D eigenvalue weighted by molar-refractivity contribution is 7.89. The van der Waals surface area contributed by atoms with E-state index in [0.29, 0.717) is 27.7 Å². The molecule has 1 aromatic carbocycles. The normalized spacial score (nSPS) is 12.1. The van der Waals surface area contributed by atoms with Gasteiger partial charge in [0.1, 0.15) is 5.52 Å². The molecule has 0 radical (unpaired) electrons. The van der Waals surface area contributed by atoms with Crippen molar-refractivity contribution < 1.29 is 13.2 Å². The van der Waals surface area contributed by atoms with Gasteiger partial charge in [-0.3, -0.25) is 9.78 Å². The molecule has 7 nitrogen and oxygen atoms in total. The molecule has 0 amide bonds. The van der Waals surface area contributed by atoms with Gasteiger partial charge in [-0.2, -0.15) is 0 Å². The summed E-state index contributed by atoms with van der Waals surface area (Å²) in [5.41, 5.74) is 0.738. The predicted octanol–water partition coefficient (Wildman–Crippen LogP) is 0.926. The van der Waals surface area contributed by atoms with Gasteiger partial charge in [0.05, 0.1) is 12.0 Å². The molecule has 3 aromatic rings. The van der Waals surface area contributed by atoms with Crippen molar-refractivity contribution in [2.45, 2.75) is 4.90 Å². The number of fused-ring (bicyclic) bond motifs is 3. The quantitative estimate of drug-likeness (QED) is 0.669. The number of benzene rings is 1. The smallest absolute Gasteiger partial charge is 0.275 e. The highest BCUT2D eigenvalue weighted by Crippen LogP contribution is 2.27. The van der Waals surface area contributed by atoms with E-state index in [1.54, 1.807) is 12.1 Å². The summed E-state index contributed by atoms with van der Waals surface area (Å²) in [5.74, 6) is 0.315. The summed E-state index contributed by atoms with van der Waals surface area (Å²) in [6.45, 7) is 0. The second-order valence-corrected chi connectivity index (χ2v) is 6.38. The predicted molar refractivity (Wildman–Crippen MR) is 79.2 cm³/mol. The Labute approximate surface area is 120 Å². The largest absolute Gasteiger partial charge is 0.482 e. The molecule has 0 aliphatic rings. The molecular weight excluding hydrogens is 294 g/mol. The van der Waals surface area contributed by atoms with Crippen LogP contribution in [0.2, 0.25) is 0 Å². The topological polar surface area (TPSA) is 104 Å². The van der Waals surface area contributed by atoms with Gasteiger partial charge in [0.2, 0.25) is 10.0 Å². The number of rotatable bonds is 3. The Bertz CT molecular complexity index is 1000. The molecule has 0 saturated heterocycles. The molecule has 3 rings (SSSR count). The van der Waals surface area contributed by atoms with Crippen LogP contribution >= 0.6 is 0 Å². The van der Waals surface area contributed by atoms with Crippen molar-refractivity contribution in [1.82, 2.24) is 14.7 Å². The summed E-state index contributed by atoms with van der Waals surface area (Å²) in [5, 5.41) is 1.25. The van der Waals surface area contributed by atoms with Crippen molar-refractivity contribution in [3.63, 3.8) is 0 Å². The van der Waals surface area contributed by atoms with Crippen LogP contribution in [0.3, 0.4) is 0 Å². The van der Waals surface area contributed by atoms with Gasteiger partial charge >= 0.3 is 0 Å². The van der Waals surface area contributed by atoms with E-state index in [-0.39, 0.29) is 10.5 Å². The third kappa shape index (κ3) is 2.08. The van der Waals surface area contributed by atoms with Crippen LogP contribution in [0, 0.1) is 0 Å². The first-order valence-electron chi connectivity index (χ1n) is 6.12. The third-order valence-corrected chi connectivity index (χ3v) is 4.76. The number of hydrogen-bond acceptors (Lipinski definition) is 4. The maximum atomic E-state index is 12.0. The van der Waals surface area contributed by atoms with E-state index in [0.717, 1.165) is 0 Å². The lowest BCUT2D eigenvalue weighted by Gasteiger charge is -2.02. The van der Waals surface area contributed by atoms with E-state index >= 15 is 0 Å². The Morgan fingerprint density at radius 2 is 1.90 bits per heavy atom. The molecule has 0 bridgehead atoms. The van der Waals surface area contributed by atoms with Crippen LogP contribution in [-0.2, 0) is 10.0 Å². The number of ether oxygens (including phenoxy) is 1. The number of sulfonamides is 1. The number of nitrogens with one attached hydrogen (secondary N) is 3. The van der Waals surface area contributed by atoms with E-state index in [9.17, 15) is 13.2 Å². The average molecular weight is 307 g/mol. The summed E-state index contributed by atoms with van der Waals surface area (Å²) < 4.78 is 31.1. The standard InChI is InChI=1S/C13H13N3O4S/c1-14-21(18,19)7-3-4-10-8(5-7)9-6-11(20-2)16-13(17)12(9)15-10/h3-6,14-15H,1-2H3,(H,16,17). The van der Waals surface area contributed by atoms with Gasteiger partial charge in [-0.05, 0) is 25.2 Å². The van der Waals surface area contributed by atoms with Crippen LogP contribution in [0.25, 0.3) is 21.8 Å².